The average Bonchev–Trinajstić information content (AvgIpc) is 2.97. The number of nitrogens with zero attached hydrogens (tertiary/aromatic N) is 3. The summed E-state index contributed by atoms with van der Waals surface area (Å²) in [5, 5.41) is 0. The van der Waals surface area contributed by atoms with Crippen LogP contribution in [-0.4, -0.2) is 56.2 Å². The van der Waals surface area contributed by atoms with Crippen molar-refractivity contribution < 1.29 is 9.53 Å². The second-order valence-electron chi connectivity index (χ2n) is 5.34. The van der Waals surface area contributed by atoms with Gasteiger partial charge in [0.15, 0.2) is 0 Å². The molecule has 2 rings (SSSR count). The van der Waals surface area contributed by atoms with Gasteiger partial charge in [0.2, 0.25) is 0 Å². The first-order valence-corrected chi connectivity index (χ1v) is 7.12. The van der Waals surface area contributed by atoms with Crippen molar-refractivity contribution in [1.82, 2.24) is 9.88 Å². The predicted octanol–water partition coefficient (Wildman–Crippen LogP) is 1.65. The lowest BCUT2D eigenvalue weighted by atomic mass is 10.1. The van der Waals surface area contributed by atoms with Gasteiger partial charge in [0.05, 0.1) is 12.2 Å². The van der Waals surface area contributed by atoms with Crippen LogP contribution in [0.4, 0.5) is 5.82 Å². The number of hydrogen-bond donors (Lipinski definition) is 0. The van der Waals surface area contributed by atoms with Crippen molar-refractivity contribution >= 4 is 11.7 Å². The van der Waals surface area contributed by atoms with E-state index in [0.717, 1.165) is 32.0 Å². The Bertz CT molecular complexity index is 456. The van der Waals surface area contributed by atoms with E-state index in [4.69, 9.17) is 4.74 Å². The molecule has 0 aromatic carbocycles. The Hall–Kier alpha value is -1.62. The summed E-state index contributed by atoms with van der Waals surface area (Å²) < 4.78 is 5.39. The molecule has 0 unspecified atom stereocenters. The molecule has 1 aromatic rings. The van der Waals surface area contributed by atoms with E-state index in [1.165, 1.54) is 0 Å². The summed E-state index contributed by atoms with van der Waals surface area (Å²) in [7, 11) is 3.81. The van der Waals surface area contributed by atoms with Crippen LogP contribution in [0.15, 0.2) is 18.3 Å². The maximum atomic E-state index is 12.7. The molecule has 1 aromatic heterocycles. The highest BCUT2D eigenvalue weighted by molar-refractivity contribution is 5.98. The fourth-order valence-corrected chi connectivity index (χ4v) is 2.49. The van der Waals surface area contributed by atoms with Crippen LogP contribution in [-0.2, 0) is 4.74 Å². The summed E-state index contributed by atoms with van der Waals surface area (Å²) in [6.07, 6.45) is 2.75. The monoisotopic (exact) mass is 277 g/mol. The van der Waals surface area contributed by atoms with E-state index in [-0.39, 0.29) is 5.91 Å². The summed E-state index contributed by atoms with van der Waals surface area (Å²) in [4.78, 5) is 20.8. The Labute approximate surface area is 120 Å². The van der Waals surface area contributed by atoms with Crippen LogP contribution in [0.1, 0.15) is 23.7 Å². The summed E-state index contributed by atoms with van der Waals surface area (Å²) in [5.74, 6) is 1.23. The maximum Gasteiger partial charge on any atom is 0.257 e. The molecule has 1 saturated heterocycles. The Morgan fingerprint density at radius 3 is 2.90 bits per heavy atom. The van der Waals surface area contributed by atoms with Crippen LogP contribution < -0.4 is 4.90 Å². The van der Waals surface area contributed by atoms with E-state index < -0.39 is 0 Å². The molecule has 0 saturated carbocycles. The first kappa shape index (κ1) is 14.8. The van der Waals surface area contributed by atoms with Crippen molar-refractivity contribution in [3.8, 4) is 0 Å². The van der Waals surface area contributed by atoms with Crippen molar-refractivity contribution in [3.63, 3.8) is 0 Å². The minimum atomic E-state index is 0.0520. The third-order valence-corrected chi connectivity index (χ3v) is 3.61. The van der Waals surface area contributed by atoms with Gasteiger partial charge in [-0.1, -0.05) is 0 Å². The number of pyridine rings is 1. The standard InChI is InChI=1S/C15H23N3O2/c1-4-18(10-12-7-9-20-11-12)15(19)13-6-5-8-16-14(13)17(2)3/h5-6,8,12H,4,7,9-11H2,1-3H3/t12-/m1/s1. The lowest BCUT2D eigenvalue weighted by Crippen LogP contribution is -2.36. The first-order valence-electron chi connectivity index (χ1n) is 7.12. The Morgan fingerprint density at radius 2 is 2.30 bits per heavy atom. The van der Waals surface area contributed by atoms with E-state index in [2.05, 4.69) is 4.98 Å². The predicted molar refractivity (Wildman–Crippen MR) is 79.1 cm³/mol. The molecule has 1 fully saturated rings. The van der Waals surface area contributed by atoms with Crippen LogP contribution in [0.2, 0.25) is 0 Å². The molecule has 0 N–H and O–H groups in total. The van der Waals surface area contributed by atoms with E-state index in [1.807, 2.05) is 43.0 Å². The average molecular weight is 277 g/mol. The van der Waals surface area contributed by atoms with Crippen LogP contribution in [0, 0.1) is 5.92 Å². The van der Waals surface area contributed by atoms with E-state index in [1.54, 1.807) is 6.20 Å². The van der Waals surface area contributed by atoms with Gasteiger partial charge in [0, 0.05) is 45.9 Å². The largest absolute Gasteiger partial charge is 0.381 e. The second kappa shape index (κ2) is 6.70. The third-order valence-electron chi connectivity index (χ3n) is 3.61. The molecule has 5 heteroatoms. The van der Waals surface area contributed by atoms with Gasteiger partial charge in [0.25, 0.3) is 5.91 Å². The van der Waals surface area contributed by atoms with Gasteiger partial charge in [-0.25, -0.2) is 4.98 Å². The first-order chi connectivity index (χ1) is 9.63. The number of rotatable bonds is 5. The SMILES string of the molecule is CCN(C[C@H]1CCOC1)C(=O)c1cccnc1N(C)C. The number of carbonyl (C=O) groups is 1. The van der Waals surface area contributed by atoms with Gasteiger partial charge >= 0.3 is 0 Å². The summed E-state index contributed by atoms with van der Waals surface area (Å²) in [6, 6.07) is 3.66. The molecule has 0 bridgehead atoms. The molecular formula is C15H23N3O2. The van der Waals surface area contributed by atoms with Gasteiger partial charge in [-0.2, -0.15) is 0 Å². The number of anilines is 1. The van der Waals surface area contributed by atoms with E-state index in [0.29, 0.717) is 18.0 Å². The molecule has 0 aliphatic carbocycles. The van der Waals surface area contributed by atoms with Crippen molar-refractivity contribution in [3.05, 3.63) is 23.9 Å². The van der Waals surface area contributed by atoms with Crippen LogP contribution in [0.5, 0.6) is 0 Å². The topological polar surface area (TPSA) is 45.7 Å². The van der Waals surface area contributed by atoms with Crippen LogP contribution in [0.25, 0.3) is 0 Å². The van der Waals surface area contributed by atoms with Gasteiger partial charge in [-0.05, 0) is 25.5 Å². The minimum Gasteiger partial charge on any atom is -0.381 e. The number of hydrogen-bond acceptors (Lipinski definition) is 4. The van der Waals surface area contributed by atoms with Crippen LogP contribution >= 0.6 is 0 Å². The number of ether oxygens (including phenoxy) is 1. The Kier molecular flexibility index (Phi) is 4.95. The maximum absolute atomic E-state index is 12.7. The van der Waals surface area contributed by atoms with Crippen molar-refractivity contribution in [1.29, 1.82) is 0 Å². The smallest absolute Gasteiger partial charge is 0.257 e. The van der Waals surface area contributed by atoms with Gasteiger partial charge in [-0.15, -0.1) is 0 Å². The number of aromatic nitrogens is 1. The van der Waals surface area contributed by atoms with Gasteiger partial charge < -0.3 is 14.5 Å². The third kappa shape index (κ3) is 3.28. The molecule has 0 spiro atoms. The molecule has 0 radical (unpaired) electrons. The normalized spacial score (nSPS) is 18.1. The zero-order valence-electron chi connectivity index (χ0n) is 12.5. The molecule has 1 atom stereocenters. The Morgan fingerprint density at radius 1 is 1.50 bits per heavy atom. The lowest BCUT2D eigenvalue weighted by Gasteiger charge is -2.25. The lowest BCUT2D eigenvalue weighted by molar-refractivity contribution is 0.0731. The molecular weight excluding hydrogens is 254 g/mol. The molecule has 5 nitrogen and oxygen atoms in total. The fourth-order valence-electron chi connectivity index (χ4n) is 2.49. The van der Waals surface area contributed by atoms with Crippen molar-refractivity contribution in [2.24, 2.45) is 5.92 Å². The second-order valence-corrected chi connectivity index (χ2v) is 5.34. The zero-order valence-corrected chi connectivity index (χ0v) is 12.5. The summed E-state index contributed by atoms with van der Waals surface area (Å²) in [5.41, 5.74) is 0.665. The highest BCUT2D eigenvalue weighted by atomic mass is 16.5. The highest BCUT2D eigenvalue weighted by Gasteiger charge is 2.24. The number of carbonyl (C=O) groups excluding carboxylic acids is 1. The molecule has 110 valence electrons. The quantitative estimate of drug-likeness (QED) is 0.821. The van der Waals surface area contributed by atoms with E-state index >= 15 is 0 Å². The van der Waals surface area contributed by atoms with Crippen molar-refractivity contribution in [2.45, 2.75) is 13.3 Å². The molecule has 1 aliphatic heterocycles. The van der Waals surface area contributed by atoms with Gasteiger partial charge in [-0.3, -0.25) is 4.79 Å². The highest BCUT2D eigenvalue weighted by Crippen LogP contribution is 2.19. The van der Waals surface area contributed by atoms with Crippen molar-refractivity contribution in [2.75, 3.05) is 45.3 Å². The van der Waals surface area contributed by atoms with Crippen LogP contribution in [0.3, 0.4) is 0 Å². The Balaban J connectivity index is 2.15. The molecule has 2 heterocycles. The van der Waals surface area contributed by atoms with Gasteiger partial charge in [0.1, 0.15) is 5.82 Å². The summed E-state index contributed by atoms with van der Waals surface area (Å²) in [6.45, 7) is 5.05. The minimum absolute atomic E-state index is 0.0520. The number of amides is 1. The molecule has 1 aliphatic rings. The zero-order chi connectivity index (χ0) is 14.5. The van der Waals surface area contributed by atoms with E-state index in [9.17, 15) is 4.79 Å². The fraction of sp³-hybridized carbons (Fsp3) is 0.600. The molecule has 20 heavy (non-hydrogen) atoms. The summed E-state index contributed by atoms with van der Waals surface area (Å²) >= 11 is 0. The molecule has 1 amide bonds.